The standard InChI is InChI=1S/C24H38N4O2.HI/c1-18-4-6-20(7-5-18)16-28(3)24(25-2)26-15-14-19-8-12-22(13-9-19)30-17-23(29)27-21-10-11-21;/h8-9,12-13,18,20-21H,4-7,10-11,14-17H2,1-3H3,(H,25,26)(H,27,29);1H. The number of nitrogens with one attached hydrogen (secondary N) is 2. The molecular formula is C24H39IN4O2. The summed E-state index contributed by atoms with van der Waals surface area (Å²) in [5, 5.41) is 6.42. The summed E-state index contributed by atoms with van der Waals surface area (Å²) in [5.41, 5.74) is 1.23. The maximum Gasteiger partial charge on any atom is 0.258 e. The van der Waals surface area contributed by atoms with Crippen LogP contribution in [0.3, 0.4) is 0 Å². The van der Waals surface area contributed by atoms with Gasteiger partial charge < -0.3 is 20.3 Å². The normalized spacial score (nSPS) is 21.1. The predicted molar refractivity (Wildman–Crippen MR) is 137 cm³/mol. The average molecular weight is 543 g/mol. The molecule has 2 N–H and O–H groups in total. The van der Waals surface area contributed by atoms with Gasteiger partial charge in [0.15, 0.2) is 12.6 Å². The van der Waals surface area contributed by atoms with E-state index >= 15 is 0 Å². The van der Waals surface area contributed by atoms with E-state index in [0.717, 1.165) is 55.9 Å². The fraction of sp³-hybridized carbons (Fsp3) is 0.667. The van der Waals surface area contributed by atoms with E-state index in [4.69, 9.17) is 4.74 Å². The minimum atomic E-state index is -0.0379. The second kappa shape index (κ2) is 13.1. The number of amides is 1. The van der Waals surface area contributed by atoms with Crippen LogP contribution in [0.4, 0.5) is 0 Å². The highest BCUT2D eigenvalue weighted by Gasteiger charge is 2.23. The summed E-state index contributed by atoms with van der Waals surface area (Å²) in [7, 11) is 3.99. The number of benzene rings is 1. The van der Waals surface area contributed by atoms with Crippen molar-refractivity contribution in [2.24, 2.45) is 16.8 Å². The van der Waals surface area contributed by atoms with Crippen molar-refractivity contribution < 1.29 is 9.53 Å². The molecule has 7 heteroatoms. The summed E-state index contributed by atoms with van der Waals surface area (Å²) < 4.78 is 5.57. The number of carbonyl (C=O) groups excluding carboxylic acids is 1. The van der Waals surface area contributed by atoms with Crippen molar-refractivity contribution in [3.63, 3.8) is 0 Å². The molecule has 0 unspecified atom stereocenters. The number of nitrogens with zero attached hydrogens (tertiary/aromatic N) is 2. The van der Waals surface area contributed by atoms with E-state index in [0.29, 0.717) is 6.04 Å². The van der Waals surface area contributed by atoms with Gasteiger partial charge in [-0.25, -0.2) is 0 Å². The Bertz CT molecular complexity index is 698. The topological polar surface area (TPSA) is 66.0 Å². The Kier molecular flexibility index (Phi) is 10.9. The zero-order valence-electron chi connectivity index (χ0n) is 19.2. The number of aliphatic imine (C=N–C) groups is 1. The third-order valence-corrected chi connectivity index (χ3v) is 6.17. The van der Waals surface area contributed by atoms with Gasteiger partial charge in [0.2, 0.25) is 0 Å². The zero-order chi connectivity index (χ0) is 21.3. The highest BCUT2D eigenvalue weighted by atomic mass is 127. The van der Waals surface area contributed by atoms with Gasteiger partial charge in [-0.2, -0.15) is 0 Å². The fourth-order valence-corrected chi connectivity index (χ4v) is 4.09. The monoisotopic (exact) mass is 542 g/mol. The summed E-state index contributed by atoms with van der Waals surface area (Å²) in [5.74, 6) is 3.33. The Labute approximate surface area is 204 Å². The van der Waals surface area contributed by atoms with Gasteiger partial charge in [0.25, 0.3) is 5.91 Å². The molecule has 0 spiro atoms. The van der Waals surface area contributed by atoms with Crippen LogP contribution in [0.1, 0.15) is 51.0 Å². The van der Waals surface area contributed by atoms with Crippen molar-refractivity contribution in [3.05, 3.63) is 29.8 Å². The van der Waals surface area contributed by atoms with Crippen LogP contribution in [-0.4, -0.2) is 56.6 Å². The molecule has 6 nitrogen and oxygen atoms in total. The molecule has 0 bridgehead atoms. The van der Waals surface area contributed by atoms with Gasteiger partial charge in [-0.05, 0) is 61.6 Å². The maximum absolute atomic E-state index is 11.7. The van der Waals surface area contributed by atoms with Crippen LogP contribution in [-0.2, 0) is 11.2 Å². The van der Waals surface area contributed by atoms with Crippen LogP contribution in [0.5, 0.6) is 5.75 Å². The quantitative estimate of drug-likeness (QED) is 0.283. The van der Waals surface area contributed by atoms with E-state index in [9.17, 15) is 4.79 Å². The summed E-state index contributed by atoms with van der Waals surface area (Å²) in [4.78, 5) is 18.4. The van der Waals surface area contributed by atoms with E-state index < -0.39 is 0 Å². The summed E-state index contributed by atoms with van der Waals surface area (Å²) in [6.07, 6.45) is 8.47. The van der Waals surface area contributed by atoms with Gasteiger partial charge in [-0.15, -0.1) is 24.0 Å². The van der Waals surface area contributed by atoms with Crippen molar-refractivity contribution in [2.45, 2.75) is 57.9 Å². The third kappa shape index (κ3) is 9.25. The number of halogens is 1. The molecule has 0 aromatic heterocycles. The van der Waals surface area contributed by atoms with E-state index in [1.807, 2.05) is 19.2 Å². The molecule has 0 atom stereocenters. The van der Waals surface area contributed by atoms with E-state index in [2.05, 4.69) is 46.6 Å². The third-order valence-electron chi connectivity index (χ3n) is 6.17. The Morgan fingerprint density at radius 1 is 1.13 bits per heavy atom. The van der Waals surface area contributed by atoms with Crippen LogP contribution in [0.2, 0.25) is 0 Å². The number of hydrogen-bond acceptors (Lipinski definition) is 3. The molecule has 0 heterocycles. The van der Waals surface area contributed by atoms with Crippen molar-refractivity contribution in [3.8, 4) is 5.75 Å². The lowest BCUT2D eigenvalue weighted by molar-refractivity contribution is -0.123. The van der Waals surface area contributed by atoms with Crippen molar-refractivity contribution in [1.82, 2.24) is 15.5 Å². The van der Waals surface area contributed by atoms with Gasteiger partial charge in [-0.1, -0.05) is 31.9 Å². The van der Waals surface area contributed by atoms with Crippen LogP contribution in [0.15, 0.2) is 29.3 Å². The molecule has 2 fully saturated rings. The van der Waals surface area contributed by atoms with Crippen LogP contribution >= 0.6 is 24.0 Å². The molecule has 174 valence electrons. The molecule has 0 aliphatic heterocycles. The van der Waals surface area contributed by atoms with Crippen LogP contribution in [0.25, 0.3) is 0 Å². The van der Waals surface area contributed by atoms with Crippen molar-refractivity contribution in [2.75, 3.05) is 33.8 Å². The Balaban J connectivity index is 0.00000341. The first kappa shape index (κ1) is 25.7. The van der Waals surface area contributed by atoms with Gasteiger partial charge in [0.05, 0.1) is 0 Å². The number of hydrogen-bond donors (Lipinski definition) is 2. The van der Waals surface area contributed by atoms with E-state index in [1.165, 1.54) is 31.2 Å². The molecule has 0 saturated heterocycles. The lowest BCUT2D eigenvalue weighted by Gasteiger charge is -2.31. The van der Waals surface area contributed by atoms with Crippen LogP contribution in [0, 0.1) is 11.8 Å². The predicted octanol–water partition coefficient (Wildman–Crippen LogP) is 3.84. The smallest absolute Gasteiger partial charge is 0.258 e. The lowest BCUT2D eigenvalue weighted by atomic mass is 9.83. The second-order valence-corrected chi connectivity index (χ2v) is 9.00. The molecule has 1 aromatic rings. The van der Waals surface area contributed by atoms with Crippen molar-refractivity contribution in [1.29, 1.82) is 0 Å². The first-order chi connectivity index (χ1) is 14.5. The highest BCUT2D eigenvalue weighted by molar-refractivity contribution is 14.0. The summed E-state index contributed by atoms with van der Waals surface area (Å²) in [6.45, 7) is 4.36. The molecule has 0 radical (unpaired) electrons. The maximum atomic E-state index is 11.7. The molecule has 31 heavy (non-hydrogen) atoms. The van der Waals surface area contributed by atoms with Gasteiger partial charge in [-0.3, -0.25) is 9.79 Å². The summed E-state index contributed by atoms with van der Waals surface area (Å²) >= 11 is 0. The largest absolute Gasteiger partial charge is 0.484 e. The molecule has 1 aromatic carbocycles. The van der Waals surface area contributed by atoms with Gasteiger partial charge in [0, 0.05) is 33.2 Å². The highest BCUT2D eigenvalue weighted by Crippen LogP contribution is 2.28. The molecule has 1 amide bonds. The molecule has 2 aliphatic carbocycles. The average Bonchev–Trinajstić information content (AvgIpc) is 3.56. The molecule has 2 saturated carbocycles. The first-order valence-electron chi connectivity index (χ1n) is 11.5. The number of ether oxygens (including phenoxy) is 1. The number of carbonyl (C=O) groups is 1. The van der Waals surface area contributed by atoms with Gasteiger partial charge in [0.1, 0.15) is 5.75 Å². The van der Waals surface area contributed by atoms with Crippen molar-refractivity contribution >= 4 is 35.8 Å². The van der Waals surface area contributed by atoms with Gasteiger partial charge >= 0.3 is 0 Å². The second-order valence-electron chi connectivity index (χ2n) is 9.00. The molecular weight excluding hydrogens is 503 g/mol. The minimum absolute atomic E-state index is 0. The van der Waals surface area contributed by atoms with E-state index in [-0.39, 0.29) is 36.5 Å². The molecule has 3 rings (SSSR count). The molecule has 2 aliphatic rings. The lowest BCUT2D eigenvalue weighted by Crippen LogP contribution is -2.42. The SMILES string of the molecule is CN=C(NCCc1ccc(OCC(=O)NC2CC2)cc1)N(C)CC1CCC(C)CC1.I. The first-order valence-corrected chi connectivity index (χ1v) is 11.5. The Morgan fingerprint density at radius 3 is 2.42 bits per heavy atom. The van der Waals surface area contributed by atoms with E-state index in [1.54, 1.807) is 0 Å². The number of rotatable bonds is 9. The Hall–Kier alpha value is -1.51. The number of guanidine groups is 1. The summed E-state index contributed by atoms with van der Waals surface area (Å²) in [6, 6.07) is 8.37. The Morgan fingerprint density at radius 2 is 1.81 bits per heavy atom. The fourth-order valence-electron chi connectivity index (χ4n) is 4.09. The van der Waals surface area contributed by atoms with Crippen LogP contribution < -0.4 is 15.4 Å². The zero-order valence-corrected chi connectivity index (χ0v) is 21.6. The minimum Gasteiger partial charge on any atom is -0.484 e.